The largest absolute Gasteiger partial charge is 0.365 e. The molecule has 1 saturated heterocycles. The Kier molecular flexibility index (Phi) is 4.60. The van der Waals surface area contributed by atoms with Gasteiger partial charge in [-0.3, -0.25) is 9.69 Å². The van der Waals surface area contributed by atoms with Crippen molar-refractivity contribution < 1.29 is 4.79 Å². The van der Waals surface area contributed by atoms with Gasteiger partial charge >= 0.3 is 0 Å². The molecule has 0 saturated carbocycles. The Morgan fingerprint density at radius 1 is 1.50 bits per heavy atom. The summed E-state index contributed by atoms with van der Waals surface area (Å²) in [5.74, 6) is 0.285. The lowest BCUT2D eigenvalue weighted by molar-refractivity contribution is 0.0996. The number of primary amides is 1. The smallest absolute Gasteiger partial charge is 0.251 e. The third-order valence-corrected chi connectivity index (χ3v) is 4.46. The van der Waals surface area contributed by atoms with Gasteiger partial charge in [-0.05, 0) is 50.8 Å². The van der Waals surface area contributed by atoms with Crippen molar-refractivity contribution in [2.45, 2.75) is 40.3 Å². The number of likely N-dealkylation sites (tertiary alicyclic amines) is 1. The van der Waals surface area contributed by atoms with Crippen LogP contribution in [0.1, 0.15) is 41.4 Å². The standard InChI is InChI=1S/C15H23N3OS/c1-10-5-4-6-17(8-10)9-18-12(3)7-11(2)13(14(16)19)15(18)20/h7,10H,4-6,8-9H2,1-3H3,(H2,16,19). The molecule has 1 aliphatic rings. The van der Waals surface area contributed by atoms with E-state index >= 15 is 0 Å². The van der Waals surface area contributed by atoms with Gasteiger partial charge in [-0.2, -0.15) is 0 Å². The average molecular weight is 293 g/mol. The van der Waals surface area contributed by atoms with Crippen molar-refractivity contribution in [2.75, 3.05) is 13.1 Å². The number of amides is 1. The number of aryl methyl sites for hydroxylation is 2. The molecule has 1 aromatic rings. The third-order valence-electron chi connectivity index (χ3n) is 4.03. The number of carbonyl (C=O) groups excluding carboxylic acids is 1. The highest BCUT2D eigenvalue weighted by Crippen LogP contribution is 2.19. The van der Waals surface area contributed by atoms with Gasteiger partial charge in [0.1, 0.15) is 4.64 Å². The van der Waals surface area contributed by atoms with E-state index in [4.69, 9.17) is 18.0 Å². The molecule has 1 unspecified atom stereocenters. The van der Waals surface area contributed by atoms with Gasteiger partial charge in [-0.15, -0.1) is 0 Å². The van der Waals surface area contributed by atoms with E-state index in [0.717, 1.165) is 36.9 Å². The number of nitrogens with two attached hydrogens (primary N) is 1. The molecule has 0 aliphatic carbocycles. The predicted molar refractivity (Wildman–Crippen MR) is 83.2 cm³/mol. The molecular weight excluding hydrogens is 270 g/mol. The summed E-state index contributed by atoms with van der Waals surface area (Å²) in [5.41, 5.74) is 7.88. The minimum Gasteiger partial charge on any atom is -0.365 e. The maximum atomic E-state index is 11.6. The van der Waals surface area contributed by atoms with Crippen LogP contribution in [0.15, 0.2) is 6.07 Å². The Bertz CT molecular complexity index is 579. The minimum atomic E-state index is -0.437. The third kappa shape index (κ3) is 3.10. The molecule has 2 heterocycles. The SMILES string of the molecule is Cc1cc(C)n(CN2CCCC(C)C2)c(=S)c1C(N)=O. The normalized spacial score (nSPS) is 20.1. The molecule has 2 rings (SSSR count). The summed E-state index contributed by atoms with van der Waals surface area (Å²) in [5, 5.41) is 0. The van der Waals surface area contributed by atoms with Crippen LogP contribution in [0.3, 0.4) is 0 Å². The summed E-state index contributed by atoms with van der Waals surface area (Å²) in [6.07, 6.45) is 2.52. The van der Waals surface area contributed by atoms with Gasteiger partial charge in [0.05, 0.1) is 12.2 Å². The first kappa shape index (κ1) is 15.2. The molecule has 20 heavy (non-hydrogen) atoms. The fraction of sp³-hybridized carbons (Fsp3) is 0.600. The van der Waals surface area contributed by atoms with Crippen LogP contribution in [0.2, 0.25) is 0 Å². The first-order valence-corrected chi connectivity index (χ1v) is 7.54. The van der Waals surface area contributed by atoms with E-state index in [1.54, 1.807) is 0 Å². The predicted octanol–water partition coefficient (Wildman–Crippen LogP) is 2.62. The molecule has 1 fully saturated rings. The number of hydrogen-bond acceptors (Lipinski definition) is 3. The average Bonchev–Trinajstić information content (AvgIpc) is 2.33. The van der Waals surface area contributed by atoms with E-state index in [9.17, 15) is 4.79 Å². The highest BCUT2D eigenvalue weighted by molar-refractivity contribution is 7.71. The molecule has 1 amide bonds. The zero-order chi connectivity index (χ0) is 14.9. The van der Waals surface area contributed by atoms with Crippen molar-refractivity contribution in [3.8, 4) is 0 Å². The van der Waals surface area contributed by atoms with Crippen LogP contribution in [0.4, 0.5) is 0 Å². The van der Waals surface area contributed by atoms with Crippen LogP contribution in [0, 0.1) is 24.4 Å². The van der Waals surface area contributed by atoms with Crippen molar-refractivity contribution in [1.82, 2.24) is 9.47 Å². The van der Waals surface area contributed by atoms with E-state index in [0.29, 0.717) is 10.2 Å². The van der Waals surface area contributed by atoms with E-state index < -0.39 is 5.91 Å². The molecule has 1 aromatic heterocycles. The first-order chi connectivity index (χ1) is 9.40. The fourth-order valence-corrected chi connectivity index (χ4v) is 3.48. The van der Waals surface area contributed by atoms with Gasteiger partial charge in [-0.1, -0.05) is 19.1 Å². The molecule has 1 atom stereocenters. The first-order valence-electron chi connectivity index (χ1n) is 7.13. The highest BCUT2D eigenvalue weighted by Gasteiger charge is 2.18. The van der Waals surface area contributed by atoms with Crippen LogP contribution < -0.4 is 5.73 Å². The fourth-order valence-electron chi connectivity index (χ4n) is 3.02. The highest BCUT2D eigenvalue weighted by atomic mass is 32.1. The zero-order valence-corrected chi connectivity index (χ0v) is 13.3. The van der Waals surface area contributed by atoms with E-state index in [1.165, 1.54) is 12.8 Å². The molecule has 2 N–H and O–H groups in total. The summed E-state index contributed by atoms with van der Waals surface area (Å²) < 4.78 is 2.59. The molecule has 0 bridgehead atoms. The van der Waals surface area contributed by atoms with Crippen molar-refractivity contribution in [3.63, 3.8) is 0 Å². The summed E-state index contributed by atoms with van der Waals surface area (Å²) in [4.78, 5) is 14.0. The Morgan fingerprint density at radius 2 is 2.20 bits per heavy atom. The van der Waals surface area contributed by atoms with Gasteiger partial charge in [0.15, 0.2) is 0 Å². The second kappa shape index (κ2) is 6.06. The summed E-state index contributed by atoms with van der Waals surface area (Å²) in [7, 11) is 0. The molecule has 4 nitrogen and oxygen atoms in total. The minimum absolute atomic E-state index is 0.437. The number of carbonyl (C=O) groups is 1. The lowest BCUT2D eigenvalue weighted by atomic mass is 10.0. The van der Waals surface area contributed by atoms with E-state index in [1.807, 2.05) is 24.5 Å². The maximum absolute atomic E-state index is 11.6. The number of rotatable bonds is 3. The molecule has 0 aromatic carbocycles. The Morgan fingerprint density at radius 3 is 2.80 bits per heavy atom. The molecule has 1 aliphatic heterocycles. The van der Waals surface area contributed by atoms with Crippen LogP contribution in [0.5, 0.6) is 0 Å². The molecule has 5 heteroatoms. The Hall–Kier alpha value is -1.20. The molecule has 0 radical (unpaired) electrons. The number of pyridine rings is 1. The summed E-state index contributed by atoms with van der Waals surface area (Å²) >= 11 is 5.48. The van der Waals surface area contributed by atoms with Crippen molar-refractivity contribution in [3.05, 3.63) is 27.5 Å². The van der Waals surface area contributed by atoms with E-state index in [2.05, 4.69) is 11.8 Å². The molecular formula is C15H23N3OS. The van der Waals surface area contributed by atoms with Crippen molar-refractivity contribution in [2.24, 2.45) is 11.7 Å². The maximum Gasteiger partial charge on any atom is 0.251 e. The number of aromatic nitrogens is 1. The monoisotopic (exact) mass is 293 g/mol. The lowest BCUT2D eigenvalue weighted by Gasteiger charge is -2.32. The summed E-state index contributed by atoms with van der Waals surface area (Å²) in [6, 6.07) is 1.99. The second-order valence-corrected chi connectivity index (χ2v) is 6.29. The Balaban J connectivity index is 2.34. The number of piperidine rings is 1. The zero-order valence-electron chi connectivity index (χ0n) is 12.5. The van der Waals surface area contributed by atoms with Crippen molar-refractivity contribution in [1.29, 1.82) is 0 Å². The van der Waals surface area contributed by atoms with Crippen LogP contribution in [-0.2, 0) is 6.67 Å². The van der Waals surface area contributed by atoms with Crippen LogP contribution in [-0.4, -0.2) is 28.5 Å². The quantitative estimate of drug-likeness (QED) is 0.872. The number of nitrogens with zero attached hydrogens (tertiary/aromatic N) is 2. The van der Waals surface area contributed by atoms with Gasteiger partial charge in [0, 0.05) is 12.2 Å². The van der Waals surface area contributed by atoms with E-state index in [-0.39, 0.29) is 0 Å². The van der Waals surface area contributed by atoms with Gasteiger partial charge in [0.2, 0.25) is 0 Å². The van der Waals surface area contributed by atoms with Gasteiger partial charge in [-0.25, -0.2) is 0 Å². The lowest BCUT2D eigenvalue weighted by Crippen LogP contribution is -2.36. The van der Waals surface area contributed by atoms with Gasteiger partial charge < -0.3 is 10.3 Å². The second-order valence-electron chi connectivity index (χ2n) is 5.91. The molecule has 110 valence electrons. The Labute approximate surface area is 125 Å². The molecule has 0 spiro atoms. The van der Waals surface area contributed by atoms with Gasteiger partial charge in [0.25, 0.3) is 5.91 Å². The van der Waals surface area contributed by atoms with Crippen LogP contribution in [0.25, 0.3) is 0 Å². The van der Waals surface area contributed by atoms with Crippen molar-refractivity contribution >= 4 is 18.1 Å². The summed E-state index contributed by atoms with van der Waals surface area (Å²) in [6.45, 7) is 9.11. The number of hydrogen-bond donors (Lipinski definition) is 1. The van der Waals surface area contributed by atoms with Crippen LogP contribution >= 0.6 is 12.2 Å². The topological polar surface area (TPSA) is 51.3 Å².